The summed E-state index contributed by atoms with van der Waals surface area (Å²) in [5.74, 6) is 0. The standard InChI is InChI=1S/C14H17N3O2S2/c1-10-16-8-14(20-10)21(18,19)17(13-5-6-13)9-11-3-2-4-12(15)7-11/h2-4,7-8,13H,5-6,9,15H2,1H3. The SMILES string of the molecule is Cc1ncc(S(=O)(=O)N(Cc2cccc(N)c2)C2CC2)s1. The Hall–Kier alpha value is -1.44. The molecule has 1 saturated carbocycles. The number of anilines is 1. The van der Waals surface area contributed by atoms with Crippen molar-refractivity contribution in [2.75, 3.05) is 5.73 Å². The van der Waals surface area contributed by atoms with Crippen molar-refractivity contribution in [2.45, 2.75) is 36.6 Å². The maximum atomic E-state index is 12.8. The van der Waals surface area contributed by atoms with Gasteiger partial charge < -0.3 is 5.73 Å². The molecule has 7 heteroatoms. The average Bonchev–Trinajstić information content (AvgIpc) is 3.16. The highest BCUT2D eigenvalue weighted by Gasteiger charge is 2.38. The molecule has 5 nitrogen and oxygen atoms in total. The Morgan fingerprint density at radius 1 is 1.43 bits per heavy atom. The predicted molar refractivity (Wildman–Crippen MR) is 83.5 cm³/mol. The van der Waals surface area contributed by atoms with Gasteiger partial charge in [0.15, 0.2) is 4.21 Å². The predicted octanol–water partition coefficient (Wildman–Crippen LogP) is 2.39. The Labute approximate surface area is 128 Å². The molecule has 1 fully saturated rings. The van der Waals surface area contributed by atoms with E-state index in [0.29, 0.717) is 16.4 Å². The Morgan fingerprint density at radius 3 is 2.76 bits per heavy atom. The fraction of sp³-hybridized carbons (Fsp3) is 0.357. The normalized spacial score (nSPS) is 15.5. The van der Waals surface area contributed by atoms with E-state index < -0.39 is 10.0 Å². The van der Waals surface area contributed by atoms with Gasteiger partial charge in [0.2, 0.25) is 0 Å². The van der Waals surface area contributed by atoms with Crippen LogP contribution in [0.25, 0.3) is 0 Å². The fourth-order valence-electron chi connectivity index (χ4n) is 2.22. The van der Waals surface area contributed by atoms with Crippen LogP contribution in [0.2, 0.25) is 0 Å². The molecule has 1 heterocycles. The average molecular weight is 323 g/mol. The highest BCUT2D eigenvalue weighted by molar-refractivity contribution is 7.91. The van der Waals surface area contributed by atoms with E-state index in [4.69, 9.17) is 5.73 Å². The molecule has 0 saturated heterocycles. The minimum Gasteiger partial charge on any atom is -0.399 e. The van der Waals surface area contributed by atoms with E-state index >= 15 is 0 Å². The molecule has 0 amide bonds. The van der Waals surface area contributed by atoms with Crippen molar-refractivity contribution in [3.8, 4) is 0 Å². The van der Waals surface area contributed by atoms with Gasteiger partial charge in [-0.3, -0.25) is 0 Å². The molecule has 0 radical (unpaired) electrons. The van der Waals surface area contributed by atoms with Crippen LogP contribution in [0.1, 0.15) is 23.4 Å². The van der Waals surface area contributed by atoms with Crippen molar-refractivity contribution >= 4 is 27.0 Å². The smallest absolute Gasteiger partial charge is 0.254 e. The van der Waals surface area contributed by atoms with Gasteiger partial charge in [-0.25, -0.2) is 13.4 Å². The molecule has 112 valence electrons. The number of rotatable bonds is 5. The van der Waals surface area contributed by atoms with Gasteiger partial charge in [0, 0.05) is 18.3 Å². The number of sulfonamides is 1. The van der Waals surface area contributed by atoms with Gasteiger partial charge in [-0.05, 0) is 37.5 Å². The monoisotopic (exact) mass is 323 g/mol. The van der Waals surface area contributed by atoms with Crippen molar-refractivity contribution in [1.82, 2.24) is 9.29 Å². The number of nitrogen functional groups attached to an aromatic ring is 1. The Kier molecular flexibility index (Phi) is 3.73. The van der Waals surface area contributed by atoms with Crippen molar-refractivity contribution in [3.63, 3.8) is 0 Å². The third-order valence-corrected chi connectivity index (χ3v) is 6.65. The van der Waals surface area contributed by atoms with Crippen LogP contribution in [0.5, 0.6) is 0 Å². The first-order valence-electron chi connectivity index (χ1n) is 6.75. The largest absolute Gasteiger partial charge is 0.399 e. The summed E-state index contributed by atoms with van der Waals surface area (Å²) in [4.78, 5) is 4.06. The second-order valence-electron chi connectivity index (χ2n) is 5.22. The molecular formula is C14H17N3O2S2. The molecule has 2 aromatic rings. The van der Waals surface area contributed by atoms with Gasteiger partial charge in [0.1, 0.15) is 0 Å². The lowest BCUT2D eigenvalue weighted by Crippen LogP contribution is -2.32. The lowest BCUT2D eigenvalue weighted by molar-refractivity contribution is 0.400. The molecular weight excluding hydrogens is 306 g/mol. The van der Waals surface area contributed by atoms with E-state index in [1.165, 1.54) is 17.5 Å². The lowest BCUT2D eigenvalue weighted by Gasteiger charge is -2.21. The van der Waals surface area contributed by atoms with Crippen molar-refractivity contribution < 1.29 is 8.42 Å². The minimum atomic E-state index is -3.48. The van der Waals surface area contributed by atoms with Crippen LogP contribution in [-0.4, -0.2) is 23.7 Å². The Morgan fingerprint density at radius 2 is 2.19 bits per heavy atom. The summed E-state index contributed by atoms with van der Waals surface area (Å²) in [5.41, 5.74) is 7.33. The first-order valence-corrected chi connectivity index (χ1v) is 9.01. The van der Waals surface area contributed by atoms with E-state index in [2.05, 4.69) is 4.98 Å². The number of thiazole rings is 1. The van der Waals surface area contributed by atoms with Crippen molar-refractivity contribution in [1.29, 1.82) is 0 Å². The zero-order valence-electron chi connectivity index (χ0n) is 11.7. The zero-order chi connectivity index (χ0) is 15.0. The molecule has 1 aliphatic carbocycles. The third kappa shape index (κ3) is 3.09. The molecule has 1 aromatic carbocycles. The molecule has 1 aliphatic rings. The molecule has 1 aromatic heterocycles. The zero-order valence-corrected chi connectivity index (χ0v) is 13.3. The van der Waals surface area contributed by atoms with Crippen LogP contribution >= 0.6 is 11.3 Å². The van der Waals surface area contributed by atoms with E-state index in [0.717, 1.165) is 23.4 Å². The molecule has 0 aliphatic heterocycles. The fourth-order valence-corrected chi connectivity index (χ4v) is 5.13. The summed E-state index contributed by atoms with van der Waals surface area (Å²) in [6, 6.07) is 7.46. The van der Waals surface area contributed by atoms with Crippen LogP contribution in [0.4, 0.5) is 5.69 Å². The highest BCUT2D eigenvalue weighted by Crippen LogP contribution is 2.35. The third-order valence-electron chi connectivity index (χ3n) is 3.41. The summed E-state index contributed by atoms with van der Waals surface area (Å²) < 4.78 is 27.5. The molecule has 3 rings (SSSR count). The minimum absolute atomic E-state index is 0.0961. The van der Waals surface area contributed by atoms with Crippen LogP contribution in [0.15, 0.2) is 34.7 Å². The molecule has 0 unspecified atom stereocenters. The Balaban J connectivity index is 1.91. The number of aryl methyl sites for hydroxylation is 1. The van der Waals surface area contributed by atoms with Crippen molar-refractivity contribution in [3.05, 3.63) is 41.0 Å². The second kappa shape index (κ2) is 5.40. The van der Waals surface area contributed by atoms with Crippen LogP contribution in [0.3, 0.4) is 0 Å². The molecule has 2 N–H and O–H groups in total. The summed E-state index contributed by atoms with van der Waals surface area (Å²) in [6.07, 6.45) is 3.28. The number of aromatic nitrogens is 1. The first-order chi connectivity index (χ1) is 9.96. The lowest BCUT2D eigenvalue weighted by atomic mass is 10.2. The maximum absolute atomic E-state index is 12.8. The van der Waals surface area contributed by atoms with Crippen molar-refractivity contribution in [2.24, 2.45) is 0 Å². The van der Waals surface area contributed by atoms with Crippen LogP contribution in [-0.2, 0) is 16.6 Å². The summed E-state index contributed by atoms with van der Waals surface area (Å²) in [5, 5.41) is 0.758. The molecule has 0 atom stereocenters. The van der Waals surface area contributed by atoms with Gasteiger partial charge in [0.05, 0.1) is 11.2 Å². The van der Waals surface area contributed by atoms with E-state index in [1.807, 2.05) is 25.1 Å². The second-order valence-corrected chi connectivity index (χ2v) is 8.58. The number of hydrogen-bond donors (Lipinski definition) is 1. The van der Waals surface area contributed by atoms with E-state index in [9.17, 15) is 8.42 Å². The van der Waals surface area contributed by atoms with Gasteiger partial charge >= 0.3 is 0 Å². The quantitative estimate of drug-likeness (QED) is 0.857. The van der Waals surface area contributed by atoms with E-state index in [1.54, 1.807) is 10.4 Å². The topological polar surface area (TPSA) is 76.3 Å². The highest BCUT2D eigenvalue weighted by atomic mass is 32.2. The number of benzene rings is 1. The summed E-state index contributed by atoms with van der Waals surface area (Å²) in [6.45, 7) is 2.16. The van der Waals surface area contributed by atoms with Gasteiger partial charge in [-0.2, -0.15) is 4.31 Å². The molecule has 0 bridgehead atoms. The van der Waals surface area contributed by atoms with Gasteiger partial charge in [0.25, 0.3) is 10.0 Å². The maximum Gasteiger partial charge on any atom is 0.254 e. The van der Waals surface area contributed by atoms with E-state index in [-0.39, 0.29) is 6.04 Å². The Bertz CT molecular complexity index is 751. The number of nitrogens with zero attached hydrogens (tertiary/aromatic N) is 2. The summed E-state index contributed by atoms with van der Waals surface area (Å²) in [7, 11) is -3.48. The number of hydrogen-bond acceptors (Lipinski definition) is 5. The summed E-state index contributed by atoms with van der Waals surface area (Å²) >= 11 is 1.22. The van der Waals surface area contributed by atoms with Gasteiger partial charge in [-0.1, -0.05) is 12.1 Å². The molecule has 0 spiro atoms. The van der Waals surface area contributed by atoms with Crippen LogP contribution < -0.4 is 5.73 Å². The molecule has 21 heavy (non-hydrogen) atoms. The first kappa shape index (κ1) is 14.5. The van der Waals surface area contributed by atoms with Crippen LogP contribution in [0, 0.1) is 6.92 Å². The van der Waals surface area contributed by atoms with Gasteiger partial charge in [-0.15, -0.1) is 11.3 Å². The number of nitrogens with two attached hydrogens (primary N) is 1.